The summed E-state index contributed by atoms with van der Waals surface area (Å²) in [5, 5.41) is 6.25. The quantitative estimate of drug-likeness (QED) is 0.322. The van der Waals surface area contributed by atoms with Gasteiger partial charge in [0.15, 0.2) is 0 Å². The molecular weight excluding hydrogens is 440 g/mol. The molecule has 3 heterocycles. The Bertz CT molecular complexity index is 1160. The van der Waals surface area contributed by atoms with Gasteiger partial charge in [-0.25, -0.2) is 4.98 Å². The molecule has 180 valence electrons. The molecule has 34 heavy (non-hydrogen) atoms. The smallest absolute Gasteiger partial charge is 0.253 e. The first kappa shape index (κ1) is 24.4. The van der Waals surface area contributed by atoms with Crippen molar-refractivity contribution in [2.75, 3.05) is 6.54 Å². The molecule has 0 radical (unpaired) electrons. The van der Waals surface area contributed by atoms with Crippen molar-refractivity contribution in [1.82, 2.24) is 19.9 Å². The summed E-state index contributed by atoms with van der Waals surface area (Å²) in [5.41, 5.74) is 7.39. The van der Waals surface area contributed by atoms with Crippen LogP contribution >= 0.6 is 11.3 Å². The van der Waals surface area contributed by atoms with Gasteiger partial charge in [0, 0.05) is 41.6 Å². The molecule has 1 amide bonds. The molecule has 3 aromatic rings. The molecule has 3 aromatic heterocycles. The van der Waals surface area contributed by atoms with Crippen molar-refractivity contribution >= 4 is 17.2 Å². The first-order valence-corrected chi connectivity index (χ1v) is 13.6. The fourth-order valence-electron chi connectivity index (χ4n) is 4.58. The molecule has 0 aliphatic heterocycles. The van der Waals surface area contributed by atoms with E-state index >= 15 is 0 Å². The van der Waals surface area contributed by atoms with Crippen molar-refractivity contribution in [2.24, 2.45) is 0 Å². The lowest BCUT2D eigenvalue weighted by atomic mass is 9.97. The molecule has 1 aliphatic rings. The van der Waals surface area contributed by atoms with Gasteiger partial charge in [-0.15, -0.1) is 11.3 Å². The third-order valence-electron chi connectivity index (χ3n) is 6.66. The van der Waals surface area contributed by atoms with E-state index < -0.39 is 0 Å². The van der Waals surface area contributed by atoms with Gasteiger partial charge in [0.1, 0.15) is 5.01 Å². The fourth-order valence-corrected chi connectivity index (χ4v) is 5.39. The molecule has 0 saturated heterocycles. The molecule has 0 aromatic carbocycles. The van der Waals surface area contributed by atoms with E-state index in [9.17, 15) is 4.79 Å². The molecule has 0 atom stereocenters. The van der Waals surface area contributed by atoms with Crippen LogP contribution in [0.2, 0.25) is 0 Å². The third kappa shape index (κ3) is 5.66. The Labute approximate surface area is 207 Å². The Kier molecular flexibility index (Phi) is 8.33. The van der Waals surface area contributed by atoms with Gasteiger partial charge in [0.25, 0.3) is 5.91 Å². The van der Waals surface area contributed by atoms with Crippen LogP contribution in [0.3, 0.4) is 0 Å². The van der Waals surface area contributed by atoms with Crippen LogP contribution in [0.5, 0.6) is 0 Å². The van der Waals surface area contributed by atoms with Crippen LogP contribution < -0.4 is 5.32 Å². The molecule has 6 heteroatoms. The van der Waals surface area contributed by atoms with Gasteiger partial charge in [-0.2, -0.15) is 0 Å². The fraction of sp³-hybridized carbons (Fsp3) is 0.464. The summed E-state index contributed by atoms with van der Waals surface area (Å²) in [7, 11) is 0. The normalized spacial score (nSPS) is 13.7. The number of nitrogens with one attached hydrogen (secondary N) is 1. The highest BCUT2D eigenvalue weighted by Crippen LogP contribution is 2.32. The van der Waals surface area contributed by atoms with E-state index in [2.05, 4.69) is 53.2 Å². The zero-order valence-corrected chi connectivity index (χ0v) is 21.5. The summed E-state index contributed by atoms with van der Waals surface area (Å²) in [6, 6.07) is 6.16. The molecule has 1 aliphatic carbocycles. The van der Waals surface area contributed by atoms with Crippen LogP contribution in [-0.4, -0.2) is 27.0 Å². The van der Waals surface area contributed by atoms with Gasteiger partial charge >= 0.3 is 0 Å². The van der Waals surface area contributed by atoms with Crippen molar-refractivity contribution in [1.29, 1.82) is 0 Å². The van der Waals surface area contributed by atoms with Crippen LogP contribution in [0.1, 0.15) is 80.5 Å². The SMILES string of the molecule is CCCCn1c(-c2csc(-c3ccnc(CC)c3)n2)cc(C(=O)NCCC2=CCCCC2)c1C. The zero-order valence-electron chi connectivity index (χ0n) is 20.7. The van der Waals surface area contributed by atoms with E-state index in [-0.39, 0.29) is 5.91 Å². The number of aromatic nitrogens is 3. The lowest BCUT2D eigenvalue weighted by Crippen LogP contribution is -2.25. The number of hydrogen-bond acceptors (Lipinski definition) is 4. The number of carbonyl (C=O) groups excluding carboxylic acids is 1. The number of thiazole rings is 1. The molecule has 0 spiro atoms. The van der Waals surface area contributed by atoms with Crippen molar-refractivity contribution in [3.8, 4) is 22.0 Å². The minimum atomic E-state index is 0.0163. The second-order valence-electron chi connectivity index (χ2n) is 9.08. The summed E-state index contributed by atoms with van der Waals surface area (Å²) in [6.45, 7) is 7.95. The highest BCUT2D eigenvalue weighted by atomic mass is 32.1. The van der Waals surface area contributed by atoms with E-state index in [0.29, 0.717) is 6.54 Å². The van der Waals surface area contributed by atoms with Gasteiger partial charge in [-0.05, 0) is 70.1 Å². The average Bonchev–Trinajstić information content (AvgIpc) is 3.48. The molecule has 0 bridgehead atoms. The Hall–Kier alpha value is -2.73. The van der Waals surface area contributed by atoms with E-state index in [4.69, 9.17) is 4.98 Å². The maximum Gasteiger partial charge on any atom is 0.253 e. The Morgan fingerprint density at radius 1 is 1.24 bits per heavy atom. The second-order valence-corrected chi connectivity index (χ2v) is 9.93. The Morgan fingerprint density at radius 2 is 2.12 bits per heavy atom. The van der Waals surface area contributed by atoms with Gasteiger partial charge in [0.05, 0.1) is 17.0 Å². The van der Waals surface area contributed by atoms with Crippen molar-refractivity contribution in [3.05, 3.63) is 58.4 Å². The summed E-state index contributed by atoms with van der Waals surface area (Å²) < 4.78 is 2.27. The van der Waals surface area contributed by atoms with Gasteiger partial charge < -0.3 is 9.88 Å². The van der Waals surface area contributed by atoms with Gasteiger partial charge in [0.2, 0.25) is 0 Å². The summed E-state index contributed by atoms with van der Waals surface area (Å²) in [4.78, 5) is 22.5. The monoisotopic (exact) mass is 476 g/mol. The second kappa shape index (κ2) is 11.6. The van der Waals surface area contributed by atoms with Crippen LogP contribution in [0.15, 0.2) is 41.4 Å². The maximum atomic E-state index is 13.1. The molecule has 1 N–H and O–H groups in total. The third-order valence-corrected chi connectivity index (χ3v) is 7.55. The van der Waals surface area contributed by atoms with Crippen LogP contribution in [0, 0.1) is 6.92 Å². The summed E-state index contributed by atoms with van der Waals surface area (Å²) in [6.07, 6.45) is 13.2. The summed E-state index contributed by atoms with van der Waals surface area (Å²) in [5.74, 6) is 0.0163. The number of nitrogens with zero attached hydrogens (tertiary/aromatic N) is 3. The maximum absolute atomic E-state index is 13.1. The molecule has 0 saturated carbocycles. The van der Waals surface area contributed by atoms with Crippen LogP contribution in [0.4, 0.5) is 0 Å². The highest BCUT2D eigenvalue weighted by Gasteiger charge is 2.20. The van der Waals surface area contributed by atoms with Crippen LogP contribution in [-0.2, 0) is 13.0 Å². The highest BCUT2D eigenvalue weighted by molar-refractivity contribution is 7.13. The van der Waals surface area contributed by atoms with E-state index in [0.717, 1.165) is 71.1 Å². The first-order chi connectivity index (χ1) is 16.6. The van der Waals surface area contributed by atoms with Crippen LogP contribution in [0.25, 0.3) is 22.0 Å². The summed E-state index contributed by atoms with van der Waals surface area (Å²) >= 11 is 1.64. The van der Waals surface area contributed by atoms with Gasteiger partial charge in [-0.3, -0.25) is 9.78 Å². The van der Waals surface area contributed by atoms with E-state index in [1.54, 1.807) is 11.3 Å². The number of rotatable bonds is 10. The number of amides is 1. The predicted octanol–water partition coefficient (Wildman–Crippen LogP) is 6.96. The Balaban J connectivity index is 1.56. The van der Waals surface area contributed by atoms with E-state index in [1.807, 2.05) is 18.3 Å². The van der Waals surface area contributed by atoms with Crippen molar-refractivity contribution < 1.29 is 4.79 Å². The number of aryl methyl sites for hydroxylation is 1. The number of hydrogen-bond donors (Lipinski definition) is 1. The number of pyridine rings is 1. The van der Waals surface area contributed by atoms with Gasteiger partial charge in [-0.1, -0.05) is 31.9 Å². The zero-order chi connectivity index (χ0) is 23.9. The minimum Gasteiger partial charge on any atom is -0.352 e. The Morgan fingerprint density at radius 3 is 2.88 bits per heavy atom. The average molecular weight is 477 g/mol. The first-order valence-electron chi connectivity index (χ1n) is 12.7. The largest absolute Gasteiger partial charge is 0.352 e. The lowest BCUT2D eigenvalue weighted by Gasteiger charge is -2.13. The minimum absolute atomic E-state index is 0.0163. The molecule has 5 nitrogen and oxygen atoms in total. The number of allylic oxidation sites excluding steroid dienone is 1. The molecule has 0 fully saturated rings. The molecule has 0 unspecified atom stereocenters. The van der Waals surface area contributed by atoms with Crippen molar-refractivity contribution in [2.45, 2.75) is 78.7 Å². The number of unbranched alkanes of at least 4 members (excludes halogenated alkanes) is 1. The predicted molar refractivity (Wildman–Crippen MR) is 141 cm³/mol. The van der Waals surface area contributed by atoms with Crippen molar-refractivity contribution in [3.63, 3.8) is 0 Å². The molecule has 4 rings (SSSR count). The number of carbonyl (C=O) groups is 1. The molecular formula is C28H36N4OS. The van der Waals surface area contributed by atoms with E-state index in [1.165, 1.54) is 31.3 Å². The standard InChI is InChI=1S/C28H36N4OS/c1-4-6-16-32-20(3)24(27(33)30-14-12-21-10-8-7-9-11-21)18-26(32)25-19-34-28(31-25)22-13-15-29-23(5-2)17-22/h10,13,15,17-19H,4-9,11-12,14,16H2,1-3H3,(H,30,33). The topological polar surface area (TPSA) is 59.8 Å². The lowest BCUT2D eigenvalue weighted by molar-refractivity contribution is 0.0953.